The van der Waals surface area contributed by atoms with E-state index in [0.717, 1.165) is 12.0 Å². The highest BCUT2D eigenvalue weighted by Gasteiger charge is 2.09. The summed E-state index contributed by atoms with van der Waals surface area (Å²) < 4.78 is 0. The van der Waals surface area contributed by atoms with Crippen molar-refractivity contribution >= 4 is 11.5 Å². The maximum Gasteiger partial charge on any atom is 0.269 e. The SMILES string of the molecule is CCCN(N)CC(=O)Cc1ccc([N+](=O)[O-])cc1. The highest BCUT2D eigenvalue weighted by Crippen LogP contribution is 2.12. The molecule has 0 fully saturated rings. The van der Waals surface area contributed by atoms with Gasteiger partial charge in [-0.2, -0.15) is 0 Å². The third kappa shape index (κ3) is 4.60. The van der Waals surface area contributed by atoms with Crippen molar-refractivity contribution in [1.29, 1.82) is 0 Å². The van der Waals surface area contributed by atoms with Gasteiger partial charge in [-0.3, -0.25) is 20.8 Å². The summed E-state index contributed by atoms with van der Waals surface area (Å²) in [6.07, 6.45) is 1.14. The molecular weight excluding hydrogens is 234 g/mol. The smallest absolute Gasteiger partial charge is 0.269 e. The molecule has 0 saturated heterocycles. The minimum atomic E-state index is -0.464. The molecular formula is C12H17N3O3. The first-order valence-electron chi connectivity index (χ1n) is 5.77. The molecule has 0 aliphatic heterocycles. The lowest BCUT2D eigenvalue weighted by molar-refractivity contribution is -0.384. The van der Waals surface area contributed by atoms with Crippen LogP contribution < -0.4 is 5.84 Å². The number of hydrogen-bond donors (Lipinski definition) is 1. The van der Waals surface area contributed by atoms with Crippen LogP contribution in [0.2, 0.25) is 0 Å². The van der Waals surface area contributed by atoms with Gasteiger partial charge in [-0.1, -0.05) is 19.1 Å². The van der Waals surface area contributed by atoms with Crippen LogP contribution in [0.4, 0.5) is 5.69 Å². The van der Waals surface area contributed by atoms with Crippen LogP contribution in [0, 0.1) is 10.1 Å². The van der Waals surface area contributed by atoms with Crippen molar-refractivity contribution in [1.82, 2.24) is 5.01 Å². The molecule has 18 heavy (non-hydrogen) atoms. The van der Waals surface area contributed by atoms with E-state index in [2.05, 4.69) is 0 Å². The highest BCUT2D eigenvalue weighted by molar-refractivity contribution is 5.82. The molecule has 1 rings (SSSR count). The Morgan fingerprint density at radius 1 is 1.39 bits per heavy atom. The van der Waals surface area contributed by atoms with E-state index < -0.39 is 4.92 Å². The van der Waals surface area contributed by atoms with E-state index in [9.17, 15) is 14.9 Å². The van der Waals surface area contributed by atoms with Crippen molar-refractivity contribution in [2.75, 3.05) is 13.1 Å². The van der Waals surface area contributed by atoms with Gasteiger partial charge >= 0.3 is 0 Å². The Hall–Kier alpha value is -1.79. The molecule has 0 bridgehead atoms. The number of nitro benzene ring substituents is 1. The third-order valence-corrected chi connectivity index (χ3v) is 2.44. The fourth-order valence-corrected chi connectivity index (χ4v) is 1.61. The standard InChI is InChI=1S/C12H17N3O3/c1-2-7-14(13)9-12(16)8-10-3-5-11(6-4-10)15(17)18/h3-6H,2,7-9,13H2,1H3. The van der Waals surface area contributed by atoms with Gasteiger partial charge in [0.15, 0.2) is 5.78 Å². The van der Waals surface area contributed by atoms with Gasteiger partial charge in [0.05, 0.1) is 11.5 Å². The third-order valence-electron chi connectivity index (χ3n) is 2.44. The number of non-ortho nitro benzene ring substituents is 1. The number of rotatable bonds is 7. The first-order valence-corrected chi connectivity index (χ1v) is 5.77. The summed E-state index contributed by atoms with van der Waals surface area (Å²) in [7, 11) is 0. The number of hydrazine groups is 1. The number of carbonyl (C=O) groups is 1. The first kappa shape index (κ1) is 14.3. The molecule has 0 unspecified atom stereocenters. The van der Waals surface area contributed by atoms with Crippen molar-refractivity contribution in [3.63, 3.8) is 0 Å². The molecule has 0 amide bonds. The van der Waals surface area contributed by atoms with Crippen LogP contribution in [0.5, 0.6) is 0 Å². The zero-order valence-electron chi connectivity index (χ0n) is 10.3. The van der Waals surface area contributed by atoms with Gasteiger partial charge in [-0.25, -0.2) is 5.01 Å². The molecule has 6 heteroatoms. The number of benzene rings is 1. The summed E-state index contributed by atoms with van der Waals surface area (Å²) in [5, 5.41) is 11.9. The van der Waals surface area contributed by atoms with Crippen LogP contribution >= 0.6 is 0 Å². The highest BCUT2D eigenvalue weighted by atomic mass is 16.6. The Balaban J connectivity index is 2.51. The van der Waals surface area contributed by atoms with Crippen LogP contribution in [0.25, 0.3) is 0 Å². The second-order valence-electron chi connectivity index (χ2n) is 4.11. The van der Waals surface area contributed by atoms with E-state index in [1.807, 2.05) is 6.92 Å². The lowest BCUT2D eigenvalue weighted by Gasteiger charge is -2.13. The van der Waals surface area contributed by atoms with Crippen molar-refractivity contribution in [3.05, 3.63) is 39.9 Å². The minimum absolute atomic E-state index is 0.000182. The van der Waals surface area contributed by atoms with Gasteiger partial charge < -0.3 is 0 Å². The van der Waals surface area contributed by atoms with E-state index in [1.54, 1.807) is 12.1 Å². The van der Waals surface area contributed by atoms with Crippen LogP contribution in [-0.4, -0.2) is 28.8 Å². The Morgan fingerprint density at radius 3 is 2.50 bits per heavy atom. The fraction of sp³-hybridized carbons (Fsp3) is 0.417. The fourth-order valence-electron chi connectivity index (χ4n) is 1.61. The number of nitrogens with zero attached hydrogens (tertiary/aromatic N) is 2. The quantitative estimate of drug-likeness (QED) is 0.448. The van der Waals surface area contributed by atoms with Crippen LogP contribution in [0.1, 0.15) is 18.9 Å². The number of hydrogen-bond acceptors (Lipinski definition) is 5. The van der Waals surface area contributed by atoms with Gasteiger partial charge in [-0.05, 0) is 12.0 Å². The molecule has 0 saturated carbocycles. The average Bonchev–Trinajstić information content (AvgIpc) is 2.29. The van der Waals surface area contributed by atoms with Crippen LogP contribution in [0.15, 0.2) is 24.3 Å². The number of Topliss-reactive ketones (excluding diaryl/α,β-unsaturated/α-hetero) is 1. The van der Waals surface area contributed by atoms with E-state index in [0.29, 0.717) is 6.54 Å². The zero-order valence-corrected chi connectivity index (χ0v) is 10.3. The molecule has 0 aliphatic rings. The number of nitrogens with two attached hydrogens (primary N) is 1. The van der Waals surface area contributed by atoms with E-state index in [-0.39, 0.29) is 24.4 Å². The molecule has 2 N–H and O–H groups in total. The summed E-state index contributed by atoms with van der Waals surface area (Å²) >= 11 is 0. The molecule has 0 atom stereocenters. The van der Waals surface area contributed by atoms with Gasteiger partial charge in [0.25, 0.3) is 5.69 Å². The first-order chi connectivity index (χ1) is 8.52. The molecule has 1 aromatic rings. The van der Waals surface area contributed by atoms with E-state index >= 15 is 0 Å². The van der Waals surface area contributed by atoms with Crippen LogP contribution in [0.3, 0.4) is 0 Å². The average molecular weight is 251 g/mol. The predicted octanol–water partition coefficient (Wildman–Crippen LogP) is 1.29. The number of carbonyl (C=O) groups excluding carboxylic acids is 1. The summed E-state index contributed by atoms with van der Waals surface area (Å²) in [5.41, 5.74) is 0.785. The minimum Gasteiger partial charge on any atom is -0.298 e. The summed E-state index contributed by atoms with van der Waals surface area (Å²) in [5.74, 6) is 5.63. The van der Waals surface area contributed by atoms with Crippen LogP contribution in [-0.2, 0) is 11.2 Å². The Kier molecular flexibility index (Phi) is 5.41. The van der Waals surface area contributed by atoms with E-state index in [4.69, 9.17) is 5.84 Å². The normalized spacial score (nSPS) is 10.6. The van der Waals surface area contributed by atoms with Gasteiger partial charge in [0, 0.05) is 25.1 Å². The topological polar surface area (TPSA) is 89.5 Å². The second-order valence-corrected chi connectivity index (χ2v) is 4.11. The number of nitro groups is 1. The van der Waals surface area contributed by atoms with Crippen molar-refractivity contribution in [2.45, 2.75) is 19.8 Å². The Labute approximate surface area is 106 Å². The predicted molar refractivity (Wildman–Crippen MR) is 67.9 cm³/mol. The van der Waals surface area contributed by atoms with Crippen molar-refractivity contribution in [3.8, 4) is 0 Å². The van der Waals surface area contributed by atoms with Gasteiger partial charge in [-0.15, -0.1) is 0 Å². The molecule has 98 valence electrons. The molecule has 0 spiro atoms. The largest absolute Gasteiger partial charge is 0.298 e. The Morgan fingerprint density at radius 2 is 2.00 bits per heavy atom. The molecule has 0 aromatic heterocycles. The lowest BCUT2D eigenvalue weighted by Crippen LogP contribution is -2.37. The molecule has 0 aliphatic carbocycles. The molecule has 1 aromatic carbocycles. The van der Waals surface area contributed by atoms with E-state index in [1.165, 1.54) is 17.1 Å². The van der Waals surface area contributed by atoms with Crippen molar-refractivity contribution < 1.29 is 9.72 Å². The van der Waals surface area contributed by atoms with Crippen molar-refractivity contribution in [2.24, 2.45) is 5.84 Å². The number of ketones is 1. The lowest BCUT2D eigenvalue weighted by atomic mass is 10.1. The zero-order chi connectivity index (χ0) is 13.5. The monoisotopic (exact) mass is 251 g/mol. The van der Waals surface area contributed by atoms with Gasteiger partial charge in [0.2, 0.25) is 0 Å². The molecule has 6 nitrogen and oxygen atoms in total. The maximum absolute atomic E-state index is 11.7. The summed E-state index contributed by atoms with van der Waals surface area (Å²) in [6.45, 7) is 2.86. The maximum atomic E-state index is 11.7. The molecule has 0 radical (unpaired) electrons. The van der Waals surface area contributed by atoms with Gasteiger partial charge in [0.1, 0.15) is 0 Å². The Bertz CT molecular complexity index is 417. The summed E-state index contributed by atoms with van der Waals surface area (Å²) in [6, 6.07) is 5.98. The summed E-state index contributed by atoms with van der Waals surface area (Å²) in [4.78, 5) is 21.7. The molecule has 0 heterocycles. The second kappa shape index (κ2) is 6.83.